The van der Waals surface area contributed by atoms with Gasteiger partial charge in [-0.2, -0.15) is 0 Å². The lowest BCUT2D eigenvalue weighted by atomic mass is 10.3. The van der Waals surface area contributed by atoms with Crippen LogP contribution in [0.4, 0.5) is 0 Å². The van der Waals surface area contributed by atoms with Gasteiger partial charge in [0.15, 0.2) is 0 Å². The number of nitrogens with zero attached hydrogens (tertiary/aromatic N) is 1. The summed E-state index contributed by atoms with van der Waals surface area (Å²) in [7, 11) is -2.76. The van der Waals surface area contributed by atoms with Crippen LogP contribution in [0.1, 0.15) is 20.8 Å². The first-order valence-electron chi connectivity index (χ1n) is 10.0. The number of rotatable bonds is 12. The molecule has 1 fully saturated rings. The number of para-hydroxylation sites is 1. The van der Waals surface area contributed by atoms with Gasteiger partial charge in [0.1, 0.15) is 27.8 Å². The van der Waals surface area contributed by atoms with Crippen molar-refractivity contribution in [1.82, 2.24) is 4.90 Å². The second kappa shape index (κ2) is 12.0. The van der Waals surface area contributed by atoms with E-state index in [1.165, 1.54) is 0 Å². The first-order valence-corrected chi connectivity index (χ1v) is 14.4. The third-order valence-electron chi connectivity index (χ3n) is 4.40. The molecule has 6 nitrogen and oxygen atoms in total. The van der Waals surface area contributed by atoms with E-state index in [-0.39, 0.29) is 12.0 Å². The summed E-state index contributed by atoms with van der Waals surface area (Å²) in [5.74, 6) is 0.863. The van der Waals surface area contributed by atoms with Gasteiger partial charge in [0, 0.05) is 32.5 Å². The normalized spacial score (nSPS) is 24.1. The third kappa shape index (κ3) is 8.02. The fraction of sp³-hybridized carbons (Fsp3) is 0.684. The summed E-state index contributed by atoms with van der Waals surface area (Å²) in [6, 6.07) is 9.90. The van der Waals surface area contributed by atoms with E-state index in [2.05, 4.69) is 11.4 Å². The molecule has 0 aromatic heterocycles. The number of hydrogen-bond acceptors (Lipinski definition) is 6. The van der Waals surface area contributed by atoms with Crippen molar-refractivity contribution >= 4 is 18.1 Å². The van der Waals surface area contributed by atoms with Crippen LogP contribution in [0.25, 0.3) is 0 Å². The van der Waals surface area contributed by atoms with Crippen LogP contribution in [0.15, 0.2) is 30.3 Å². The molecule has 0 saturated carbocycles. The van der Waals surface area contributed by atoms with Gasteiger partial charge in [-0.25, -0.2) is 0 Å². The highest BCUT2D eigenvalue weighted by Crippen LogP contribution is 2.20. The highest BCUT2D eigenvalue weighted by molar-refractivity contribution is 6.66. The van der Waals surface area contributed by atoms with Crippen LogP contribution in [0.3, 0.4) is 0 Å². The molecule has 2 rings (SSSR count). The van der Waals surface area contributed by atoms with Crippen molar-refractivity contribution in [3.8, 4) is 5.75 Å². The number of hydrogen-bond donors (Lipinski definition) is 0. The quantitative estimate of drug-likeness (QED) is 0.385. The van der Waals surface area contributed by atoms with Crippen LogP contribution in [0.5, 0.6) is 5.75 Å². The Morgan fingerprint density at radius 3 is 2.48 bits per heavy atom. The molecular weight excluding hydrogens is 378 g/mol. The molecule has 154 valence electrons. The molecule has 1 aliphatic rings. The van der Waals surface area contributed by atoms with Crippen molar-refractivity contribution in [3.63, 3.8) is 0 Å². The lowest BCUT2D eigenvalue weighted by molar-refractivity contribution is -0.0837. The van der Waals surface area contributed by atoms with Crippen LogP contribution in [-0.2, 0) is 18.3 Å². The SMILES string of the molecule is CCOC(OCC)[SiH2]CN1CC(COc2ccccc2)O[Si](C)(OCC)C1. The molecule has 1 aromatic carbocycles. The van der Waals surface area contributed by atoms with Gasteiger partial charge in [-0.3, -0.25) is 0 Å². The van der Waals surface area contributed by atoms with Gasteiger partial charge >= 0.3 is 8.56 Å². The molecule has 1 aliphatic heterocycles. The summed E-state index contributed by atoms with van der Waals surface area (Å²) in [5, 5.41) is 0. The molecule has 0 amide bonds. The van der Waals surface area contributed by atoms with Gasteiger partial charge < -0.3 is 28.0 Å². The molecule has 1 heterocycles. The molecule has 0 aliphatic carbocycles. The molecule has 27 heavy (non-hydrogen) atoms. The second-order valence-electron chi connectivity index (χ2n) is 6.79. The molecule has 2 atom stereocenters. The minimum absolute atomic E-state index is 0.0121. The van der Waals surface area contributed by atoms with E-state index in [9.17, 15) is 0 Å². The predicted molar refractivity (Wildman–Crippen MR) is 112 cm³/mol. The maximum Gasteiger partial charge on any atom is 0.349 e. The second-order valence-corrected chi connectivity index (χ2v) is 11.6. The Morgan fingerprint density at radius 2 is 1.85 bits per heavy atom. The average Bonchev–Trinajstić information content (AvgIpc) is 2.65. The van der Waals surface area contributed by atoms with Crippen LogP contribution in [-0.4, -0.2) is 80.3 Å². The molecule has 0 bridgehead atoms. The van der Waals surface area contributed by atoms with Crippen molar-refractivity contribution in [2.75, 3.05) is 45.3 Å². The topological polar surface area (TPSA) is 49.4 Å². The molecule has 0 N–H and O–H groups in total. The van der Waals surface area contributed by atoms with Gasteiger partial charge in [0.05, 0.1) is 6.10 Å². The highest BCUT2D eigenvalue weighted by atomic mass is 28.4. The summed E-state index contributed by atoms with van der Waals surface area (Å²) in [4.78, 5) is 2.47. The van der Waals surface area contributed by atoms with Crippen LogP contribution < -0.4 is 4.74 Å². The van der Waals surface area contributed by atoms with Crippen molar-refractivity contribution < 1.29 is 23.1 Å². The molecule has 0 spiro atoms. The average molecular weight is 414 g/mol. The Kier molecular flexibility index (Phi) is 9.98. The standard InChI is InChI=1S/C19H35NO5Si2/c1-5-21-19(22-6-2)26-15-20-13-18(25-27(4,16-20)24-7-3)14-23-17-11-9-8-10-12-17/h8-12,18-19H,5-7,13-16,26H2,1-4H3. The van der Waals surface area contributed by atoms with E-state index in [1.807, 2.05) is 51.1 Å². The fourth-order valence-electron chi connectivity index (χ4n) is 3.41. The van der Waals surface area contributed by atoms with E-state index in [4.69, 9.17) is 23.1 Å². The van der Waals surface area contributed by atoms with Crippen LogP contribution in [0.2, 0.25) is 6.55 Å². The summed E-state index contributed by atoms with van der Waals surface area (Å²) in [5.41, 5.74) is 0. The minimum Gasteiger partial charge on any atom is -0.491 e. The van der Waals surface area contributed by atoms with E-state index < -0.39 is 18.1 Å². The number of ether oxygens (including phenoxy) is 3. The Bertz CT molecular complexity index is 518. The fourth-order valence-corrected chi connectivity index (χ4v) is 8.24. The maximum absolute atomic E-state index is 6.37. The zero-order valence-corrected chi connectivity index (χ0v) is 19.6. The van der Waals surface area contributed by atoms with Crippen molar-refractivity contribution in [2.45, 2.75) is 39.3 Å². The van der Waals surface area contributed by atoms with Gasteiger partial charge in [-0.1, -0.05) is 18.2 Å². The van der Waals surface area contributed by atoms with E-state index in [0.29, 0.717) is 26.4 Å². The predicted octanol–water partition coefficient (Wildman–Crippen LogP) is 1.90. The van der Waals surface area contributed by atoms with Crippen molar-refractivity contribution in [3.05, 3.63) is 30.3 Å². The number of benzene rings is 1. The smallest absolute Gasteiger partial charge is 0.349 e. The van der Waals surface area contributed by atoms with Gasteiger partial charge in [0.25, 0.3) is 0 Å². The minimum atomic E-state index is -2.22. The summed E-state index contributed by atoms with van der Waals surface area (Å²) in [6.45, 7) is 11.7. The zero-order chi connectivity index (χ0) is 19.5. The van der Waals surface area contributed by atoms with Crippen molar-refractivity contribution in [2.24, 2.45) is 0 Å². The zero-order valence-electron chi connectivity index (χ0n) is 17.2. The van der Waals surface area contributed by atoms with E-state index >= 15 is 0 Å². The molecule has 2 unspecified atom stereocenters. The maximum atomic E-state index is 6.37. The Morgan fingerprint density at radius 1 is 1.15 bits per heavy atom. The molecule has 8 heteroatoms. The molecule has 1 aromatic rings. The van der Waals surface area contributed by atoms with E-state index in [0.717, 1.165) is 24.6 Å². The molecule has 1 saturated heterocycles. The molecule has 0 radical (unpaired) electrons. The Balaban J connectivity index is 1.92. The highest BCUT2D eigenvalue weighted by Gasteiger charge is 2.41. The first-order chi connectivity index (χ1) is 13.1. The van der Waals surface area contributed by atoms with Crippen LogP contribution >= 0.6 is 0 Å². The summed E-state index contributed by atoms with van der Waals surface area (Å²) >= 11 is 0. The summed E-state index contributed by atoms with van der Waals surface area (Å²) < 4.78 is 29.9. The lowest BCUT2D eigenvalue weighted by Crippen LogP contribution is -2.61. The van der Waals surface area contributed by atoms with Crippen LogP contribution in [0, 0.1) is 0 Å². The third-order valence-corrected chi connectivity index (χ3v) is 8.99. The Labute approximate surface area is 167 Å². The van der Waals surface area contributed by atoms with Gasteiger partial charge in [-0.15, -0.1) is 0 Å². The van der Waals surface area contributed by atoms with Gasteiger partial charge in [0.2, 0.25) is 0 Å². The van der Waals surface area contributed by atoms with Gasteiger partial charge in [-0.05, 0) is 45.6 Å². The first kappa shape index (κ1) is 22.5. The lowest BCUT2D eigenvalue weighted by Gasteiger charge is -2.42. The van der Waals surface area contributed by atoms with E-state index in [1.54, 1.807) is 0 Å². The largest absolute Gasteiger partial charge is 0.491 e. The Hall–Kier alpha value is -0.746. The molecular formula is C19H35NO5Si2. The van der Waals surface area contributed by atoms with Crippen molar-refractivity contribution in [1.29, 1.82) is 0 Å². The monoisotopic (exact) mass is 413 g/mol. The summed E-state index contributed by atoms with van der Waals surface area (Å²) in [6.07, 6.45) is 1.94.